The molecule has 0 aromatic rings. The minimum Gasteiger partial charge on any atom is -0.349 e. The number of nitrogens with one attached hydrogen (secondary N) is 3. The van der Waals surface area contributed by atoms with Crippen LogP contribution in [0.2, 0.25) is 0 Å². The summed E-state index contributed by atoms with van der Waals surface area (Å²) in [7, 11) is 3.80. The number of unbranched alkanes of at least 4 members (excludes halogenated alkanes) is 4. The molecule has 2 aliphatic rings. The van der Waals surface area contributed by atoms with Gasteiger partial charge in [0, 0.05) is 0 Å². The van der Waals surface area contributed by atoms with Crippen molar-refractivity contribution in [3.8, 4) is 0 Å². The van der Waals surface area contributed by atoms with E-state index in [1.807, 2.05) is 19.0 Å². The topological polar surface area (TPSA) is 234 Å². The lowest BCUT2D eigenvalue weighted by molar-refractivity contribution is -0.197. The number of nitrogens with zero attached hydrogens (tertiary/aromatic N) is 2. The molecule has 0 bridgehead atoms. The molecular weight excluding hydrogens is 472 g/mol. The molecule has 0 saturated heterocycles. The standard InChI is InChI=1S/C24H58N12O/c1-17-15-22(17,23(16-18(23)2)37-21(35(3)4)24(32-29,33-30)34-31)36(19(27)11-7-5-9-13-25)20(28)12-8-6-10-14-26/h17-21,32-34H,5-16,25-31H2,1-4H3. The van der Waals surface area contributed by atoms with Crippen molar-refractivity contribution < 1.29 is 4.74 Å². The van der Waals surface area contributed by atoms with Gasteiger partial charge >= 0.3 is 0 Å². The second kappa shape index (κ2) is 14.2. The lowest BCUT2D eigenvalue weighted by Crippen LogP contribution is -2.81. The van der Waals surface area contributed by atoms with Gasteiger partial charge in [-0.25, -0.2) is 16.3 Å². The van der Waals surface area contributed by atoms with Gasteiger partial charge in [-0.2, -0.15) is 0 Å². The number of hydrogen-bond acceptors (Lipinski definition) is 13. The van der Waals surface area contributed by atoms with Crippen LogP contribution in [0.15, 0.2) is 0 Å². The molecule has 2 rings (SSSR count). The molecule has 0 heterocycles. The monoisotopic (exact) mass is 530 g/mol. The second-order valence-electron chi connectivity index (χ2n) is 11.5. The SMILES string of the molecule is CC1CC1(OC(N(C)C)C(NN)(NN)NN)C1(N(C(N)CCCCCN)C(N)CCCCCN)CC1C. The predicted molar refractivity (Wildman–Crippen MR) is 149 cm³/mol. The Hall–Kier alpha value is -0.520. The van der Waals surface area contributed by atoms with Gasteiger partial charge < -0.3 is 27.7 Å². The highest BCUT2D eigenvalue weighted by Crippen LogP contribution is 2.69. The van der Waals surface area contributed by atoms with Gasteiger partial charge in [0.25, 0.3) is 0 Å². The van der Waals surface area contributed by atoms with Crippen molar-refractivity contribution in [2.45, 2.75) is 114 Å². The van der Waals surface area contributed by atoms with Crippen LogP contribution >= 0.6 is 0 Å². The number of nitrogens with two attached hydrogens (primary N) is 7. The van der Waals surface area contributed by atoms with Gasteiger partial charge in [0.2, 0.25) is 5.79 Å². The third-order valence-electron chi connectivity index (χ3n) is 8.68. The Bertz CT molecular complexity index is 641. The van der Waals surface area contributed by atoms with E-state index in [0.29, 0.717) is 24.9 Å². The van der Waals surface area contributed by atoms with E-state index in [2.05, 4.69) is 35.0 Å². The van der Waals surface area contributed by atoms with E-state index in [9.17, 15) is 0 Å². The Labute approximate surface area is 224 Å². The van der Waals surface area contributed by atoms with Gasteiger partial charge in [0.15, 0.2) is 6.23 Å². The molecule has 0 aromatic carbocycles. The van der Waals surface area contributed by atoms with Crippen molar-refractivity contribution in [1.82, 2.24) is 26.1 Å². The molecule has 2 fully saturated rings. The van der Waals surface area contributed by atoms with Crippen LogP contribution in [0.25, 0.3) is 0 Å². The second-order valence-corrected chi connectivity index (χ2v) is 11.5. The first-order chi connectivity index (χ1) is 17.6. The number of hydrogen-bond donors (Lipinski definition) is 10. The van der Waals surface area contributed by atoms with Gasteiger partial charge in [-0.05, 0) is 77.5 Å². The number of rotatable bonds is 21. The minimum absolute atomic E-state index is 0.184. The molecule has 37 heavy (non-hydrogen) atoms. The molecule has 0 aromatic heterocycles. The van der Waals surface area contributed by atoms with Crippen LogP contribution < -0.4 is 56.7 Å². The third-order valence-corrected chi connectivity index (χ3v) is 8.68. The molecule has 220 valence electrons. The first-order valence-corrected chi connectivity index (χ1v) is 14.0. The summed E-state index contributed by atoms with van der Waals surface area (Å²) in [5.74, 6) is 17.1. The maximum absolute atomic E-state index is 7.04. The summed E-state index contributed by atoms with van der Waals surface area (Å²) < 4.78 is 7.04. The minimum atomic E-state index is -1.28. The summed E-state index contributed by atoms with van der Waals surface area (Å²) in [6, 6.07) is 0. The molecule has 0 spiro atoms. The number of likely N-dealkylation sites (N-methyl/N-ethyl adjacent to an activating group) is 1. The average molecular weight is 531 g/mol. The summed E-state index contributed by atoms with van der Waals surface area (Å²) in [6.07, 6.45) is 8.69. The molecular formula is C24H58N12O. The molecule has 13 nitrogen and oxygen atoms in total. The van der Waals surface area contributed by atoms with Crippen LogP contribution in [-0.4, -0.2) is 72.5 Å². The van der Waals surface area contributed by atoms with Crippen molar-refractivity contribution in [1.29, 1.82) is 0 Å². The van der Waals surface area contributed by atoms with Crippen LogP contribution in [0.1, 0.15) is 78.1 Å². The van der Waals surface area contributed by atoms with E-state index in [4.69, 9.17) is 45.2 Å². The normalized spacial score (nSPS) is 30.1. The van der Waals surface area contributed by atoms with E-state index >= 15 is 0 Å². The molecule has 0 amide bonds. The zero-order chi connectivity index (χ0) is 27.9. The quantitative estimate of drug-likeness (QED) is 0.0349. The first-order valence-electron chi connectivity index (χ1n) is 14.0. The van der Waals surface area contributed by atoms with E-state index in [1.54, 1.807) is 0 Å². The Balaban J connectivity index is 2.40. The largest absolute Gasteiger partial charge is 0.349 e. The molecule has 2 saturated carbocycles. The van der Waals surface area contributed by atoms with Crippen LogP contribution in [-0.2, 0) is 4.74 Å². The highest BCUT2D eigenvalue weighted by atomic mass is 16.5. The van der Waals surface area contributed by atoms with Gasteiger partial charge in [-0.15, -0.1) is 0 Å². The summed E-state index contributed by atoms with van der Waals surface area (Å²) in [5, 5.41) is 0. The fourth-order valence-corrected chi connectivity index (χ4v) is 6.43. The highest BCUT2D eigenvalue weighted by Gasteiger charge is 2.78. The fraction of sp³-hybridized carbons (Fsp3) is 1.00. The Morgan fingerprint density at radius 3 is 1.54 bits per heavy atom. The van der Waals surface area contributed by atoms with Crippen LogP contribution in [0, 0.1) is 11.8 Å². The molecule has 2 aliphatic carbocycles. The van der Waals surface area contributed by atoms with Gasteiger partial charge in [0.05, 0.1) is 23.5 Å². The zero-order valence-electron chi connectivity index (χ0n) is 23.7. The van der Waals surface area contributed by atoms with Crippen molar-refractivity contribution in [3.05, 3.63) is 0 Å². The molecule has 17 N–H and O–H groups in total. The van der Waals surface area contributed by atoms with Gasteiger partial charge in [0.1, 0.15) is 0 Å². The molecule has 0 aliphatic heterocycles. The fourth-order valence-electron chi connectivity index (χ4n) is 6.43. The zero-order valence-corrected chi connectivity index (χ0v) is 23.7. The smallest absolute Gasteiger partial charge is 0.201 e. The summed E-state index contributed by atoms with van der Waals surface area (Å²) >= 11 is 0. The van der Waals surface area contributed by atoms with Crippen LogP contribution in [0.3, 0.4) is 0 Å². The number of hydrazine groups is 3. The first kappa shape index (κ1) is 32.7. The van der Waals surface area contributed by atoms with E-state index in [0.717, 1.165) is 64.2 Å². The lowest BCUT2D eigenvalue weighted by atomic mass is 9.95. The van der Waals surface area contributed by atoms with Crippen molar-refractivity contribution in [2.75, 3.05) is 27.2 Å². The van der Waals surface area contributed by atoms with E-state index < -0.39 is 17.6 Å². The lowest BCUT2D eigenvalue weighted by Gasteiger charge is -2.50. The summed E-state index contributed by atoms with van der Waals surface area (Å²) in [4.78, 5) is 4.29. The van der Waals surface area contributed by atoms with Crippen molar-refractivity contribution in [2.24, 2.45) is 52.3 Å². The Morgan fingerprint density at radius 2 is 1.24 bits per heavy atom. The Morgan fingerprint density at radius 1 is 0.811 bits per heavy atom. The summed E-state index contributed by atoms with van der Waals surface area (Å²) in [5.41, 5.74) is 32.6. The molecule has 0 radical (unpaired) electrons. The van der Waals surface area contributed by atoms with Crippen LogP contribution in [0.4, 0.5) is 0 Å². The molecule has 7 unspecified atom stereocenters. The highest BCUT2D eigenvalue weighted by molar-refractivity contribution is 5.31. The average Bonchev–Trinajstić information content (AvgIpc) is 3.75. The Kier molecular flexibility index (Phi) is 12.6. The summed E-state index contributed by atoms with van der Waals surface area (Å²) in [6.45, 7) is 5.89. The maximum atomic E-state index is 7.04. The molecule has 13 heteroatoms. The number of ether oxygens (including phenoxy) is 1. The van der Waals surface area contributed by atoms with Gasteiger partial charge in [-0.1, -0.05) is 39.5 Å². The predicted octanol–water partition coefficient (Wildman–Crippen LogP) is -1.60. The third kappa shape index (κ3) is 6.80. The van der Waals surface area contributed by atoms with Crippen molar-refractivity contribution >= 4 is 0 Å². The van der Waals surface area contributed by atoms with Crippen molar-refractivity contribution in [3.63, 3.8) is 0 Å². The van der Waals surface area contributed by atoms with Crippen LogP contribution in [0.5, 0.6) is 0 Å². The van der Waals surface area contributed by atoms with E-state index in [-0.39, 0.29) is 17.9 Å². The maximum Gasteiger partial charge on any atom is 0.201 e. The van der Waals surface area contributed by atoms with Gasteiger partial charge in [-0.3, -0.25) is 27.3 Å². The van der Waals surface area contributed by atoms with E-state index in [1.165, 1.54) is 0 Å². The molecule has 7 atom stereocenters.